The predicted molar refractivity (Wildman–Crippen MR) is 87.9 cm³/mol. The molecule has 4 nitrogen and oxygen atoms in total. The van der Waals surface area contributed by atoms with E-state index in [1.807, 2.05) is 12.1 Å². The van der Waals surface area contributed by atoms with Crippen molar-refractivity contribution in [3.8, 4) is 0 Å². The molecule has 2 heterocycles. The van der Waals surface area contributed by atoms with Crippen LogP contribution in [0.2, 0.25) is 5.02 Å². The van der Waals surface area contributed by atoms with E-state index < -0.39 is 0 Å². The molecule has 1 aromatic rings. The number of pyridine rings is 1. The van der Waals surface area contributed by atoms with Gasteiger partial charge in [0.2, 0.25) is 0 Å². The maximum atomic E-state index is 6.30. The van der Waals surface area contributed by atoms with E-state index in [0.717, 1.165) is 55.6 Å². The summed E-state index contributed by atoms with van der Waals surface area (Å²) in [6.45, 7) is 8.14. The number of anilines is 1. The van der Waals surface area contributed by atoms with E-state index in [2.05, 4.69) is 29.0 Å². The Balaban J connectivity index is 2.01. The fourth-order valence-corrected chi connectivity index (χ4v) is 2.87. The molecule has 5 heteroatoms. The molecule has 0 aromatic carbocycles. The minimum Gasteiger partial charge on any atom is -0.380 e. The summed E-state index contributed by atoms with van der Waals surface area (Å²) < 4.78 is 5.57. The second kappa shape index (κ2) is 7.97. The van der Waals surface area contributed by atoms with Crippen molar-refractivity contribution in [3.63, 3.8) is 0 Å². The Bertz CT molecular complexity index is 455. The predicted octanol–water partition coefficient (Wildman–Crippen LogP) is 3.41. The van der Waals surface area contributed by atoms with Gasteiger partial charge in [-0.25, -0.2) is 4.98 Å². The SMILES string of the molecule is CCCNc1ccc(Cl)c(CN2CCC(C)C(OC)C2)n1. The molecule has 0 spiro atoms. The van der Waals surface area contributed by atoms with Crippen LogP contribution in [0.15, 0.2) is 12.1 Å². The highest BCUT2D eigenvalue weighted by atomic mass is 35.5. The van der Waals surface area contributed by atoms with Crippen LogP contribution in [0.25, 0.3) is 0 Å². The third-order valence-electron chi connectivity index (χ3n) is 4.12. The van der Waals surface area contributed by atoms with Crippen LogP contribution in [0.4, 0.5) is 5.82 Å². The van der Waals surface area contributed by atoms with Gasteiger partial charge >= 0.3 is 0 Å². The molecular formula is C16H26ClN3O. The lowest BCUT2D eigenvalue weighted by Crippen LogP contribution is -2.43. The number of methoxy groups -OCH3 is 1. The fourth-order valence-electron chi connectivity index (χ4n) is 2.71. The summed E-state index contributed by atoms with van der Waals surface area (Å²) in [6, 6.07) is 3.87. The Morgan fingerprint density at radius 1 is 1.48 bits per heavy atom. The van der Waals surface area contributed by atoms with Crippen LogP contribution >= 0.6 is 11.6 Å². The number of ether oxygens (including phenoxy) is 1. The van der Waals surface area contributed by atoms with Gasteiger partial charge in [0.25, 0.3) is 0 Å². The highest BCUT2D eigenvalue weighted by Gasteiger charge is 2.26. The van der Waals surface area contributed by atoms with Gasteiger partial charge in [-0.3, -0.25) is 4.90 Å². The van der Waals surface area contributed by atoms with Crippen molar-refractivity contribution in [1.82, 2.24) is 9.88 Å². The van der Waals surface area contributed by atoms with Crippen LogP contribution in [0.1, 0.15) is 32.4 Å². The second-order valence-electron chi connectivity index (χ2n) is 5.83. The molecule has 0 amide bonds. The fraction of sp³-hybridized carbons (Fsp3) is 0.688. The van der Waals surface area contributed by atoms with Gasteiger partial charge in [-0.15, -0.1) is 0 Å². The summed E-state index contributed by atoms with van der Waals surface area (Å²) >= 11 is 6.30. The van der Waals surface area contributed by atoms with E-state index >= 15 is 0 Å². The number of piperidine rings is 1. The van der Waals surface area contributed by atoms with Gasteiger partial charge < -0.3 is 10.1 Å². The Hall–Kier alpha value is -0.840. The van der Waals surface area contributed by atoms with Gasteiger partial charge in [0.15, 0.2) is 0 Å². The highest BCUT2D eigenvalue weighted by molar-refractivity contribution is 6.31. The van der Waals surface area contributed by atoms with Crippen LogP contribution in [0.3, 0.4) is 0 Å². The van der Waals surface area contributed by atoms with Gasteiger partial charge in [0.1, 0.15) is 5.82 Å². The molecule has 2 unspecified atom stereocenters. The maximum Gasteiger partial charge on any atom is 0.126 e. The van der Waals surface area contributed by atoms with Crippen molar-refractivity contribution in [2.45, 2.75) is 39.3 Å². The molecular weight excluding hydrogens is 286 g/mol. The minimum absolute atomic E-state index is 0.305. The number of nitrogens with one attached hydrogen (secondary N) is 1. The Morgan fingerprint density at radius 2 is 2.29 bits per heavy atom. The number of likely N-dealkylation sites (tertiary alicyclic amines) is 1. The van der Waals surface area contributed by atoms with Gasteiger partial charge in [-0.2, -0.15) is 0 Å². The van der Waals surface area contributed by atoms with Crippen molar-refractivity contribution in [1.29, 1.82) is 0 Å². The number of rotatable bonds is 6. The van der Waals surface area contributed by atoms with Gasteiger partial charge in [0.05, 0.1) is 16.8 Å². The largest absolute Gasteiger partial charge is 0.380 e. The molecule has 0 saturated carbocycles. The van der Waals surface area contributed by atoms with Gasteiger partial charge in [0, 0.05) is 26.7 Å². The molecule has 118 valence electrons. The van der Waals surface area contributed by atoms with Crippen LogP contribution in [0, 0.1) is 5.92 Å². The van der Waals surface area contributed by atoms with E-state index in [-0.39, 0.29) is 0 Å². The number of aromatic nitrogens is 1. The monoisotopic (exact) mass is 311 g/mol. The summed E-state index contributed by atoms with van der Waals surface area (Å²) in [7, 11) is 1.80. The molecule has 1 aliphatic rings. The first kappa shape index (κ1) is 16.5. The maximum absolute atomic E-state index is 6.30. The average molecular weight is 312 g/mol. The zero-order chi connectivity index (χ0) is 15.2. The lowest BCUT2D eigenvalue weighted by Gasteiger charge is -2.36. The average Bonchev–Trinajstić information content (AvgIpc) is 2.50. The Kier molecular flexibility index (Phi) is 6.27. The van der Waals surface area contributed by atoms with Crippen LogP contribution in [-0.2, 0) is 11.3 Å². The van der Waals surface area contributed by atoms with E-state index in [4.69, 9.17) is 16.3 Å². The number of hydrogen-bond donors (Lipinski definition) is 1. The first-order chi connectivity index (χ1) is 10.1. The summed E-state index contributed by atoms with van der Waals surface area (Å²) in [5.74, 6) is 1.53. The molecule has 2 atom stereocenters. The normalized spacial score (nSPS) is 23.2. The molecule has 2 rings (SSSR count). The lowest BCUT2D eigenvalue weighted by molar-refractivity contribution is -0.00776. The van der Waals surface area contributed by atoms with E-state index in [0.29, 0.717) is 12.0 Å². The van der Waals surface area contributed by atoms with Crippen LogP contribution in [-0.4, -0.2) is 42.7 Å². The highest BCUT2D eigenvalue weighted by Crippen LogP contribution is 2.23. The molecule has 0 aliphatic carbocycles. The summed E-state index contributed by atoms with van der Waals surface area (Å²) in [5.41, 5.74) is 0.946. The third-order valence-corrected chi connectivity index (χ3v) is 4.47. The first-order valence-corrected chi connectivity index (χ1v) is 8.16. The minimum atomic E-state index is 0.305. The summed E-state index contributed by atoms with van der Waals surface area (Å²) in [5, 5.41) is 4.05. The van der Waals surface area contributed by atoms with Crippen molar-refractivity contribution in [2.75, 3.05) is 32.1 Å². The summed E-state index contributed by atoms with van der Waals surface area (Å²) in [6.07, 6.45) is 2.54. The quantitative estimate of drug-likeness (QED) is 0.873. The van der Waals surface area contributed by atoms with Crippen LogP contribution < -0.4 is 5.32 Å². The zero-order valence-corrected chi connectivity index (χ0v) is 14.0. The lowest BCUT2D eigenvalue weighted by atomic mass is 9.96. The molecule has 21 heavy (non-hydrogen) atoms. The second-order valence-corrected chi connectivity index (χ2v) is 6.23. The van der Waals surface area contributed by atoms with Crippen molar-refractivity contribution >= 4 is 17.4 Å². The standard InChI is InChI=1S/C16H26ClN3O/c1-4-8-18-16-6-5-13(17)14(19-16)10-20-9-7-12(2)15(11-20)21-3/h5-6,12,15H,4,7-11H2,1-3H3,(H,18,19). The van der Waals surface area contributed by atoms with Gasteiger partial charge in [-0.1, -0.05) is 25.4 Å². The smallest absolute Gasteiger partial charge is 0.126 e. The summed E-state index contributed by atoms with van der Waals surface area (Å²) in [4.78, 5) is 7.03. The van der Waals surface area contributed by atoms with Crippen molar-refractivity contribution in [2.24, 2.45) is 5.92 Å². The van der Waals surface area contributed by atoms with Gasteiger partial charge in [-0.05, 0) is 37.4 Å². The molecule has 1 fully saturated rings. The molecule has 0 bridgehead atoms. The van der Waals surface area contributed by atoms with Crippen LogP contribution in [0.5, 0.6) is 0 Å². The number of halogens is 1. The number of nitrogens with zero attached hydrogens (tertiary/aromatic N) is 2. The molecule has 1 aromatic heterocycles. The molecule has 1 N–H and O–H groups in total. The third kappa shape index (κ3) is 4.56. The molecule has 0 radical (unpaired) electrons. The van der Waals surface area contributed by atoms with Crippen molar-refractivity contribution < 1.29 is 4.74 Å². The molecule has 1 aliphatic heterocycles. The van der Waals surface area contributed by atoms with E-state index in [9.17, 15) is 0 Å². The first-order valence-electron chi connectivity index (χ1n) is 7.78. The topological polar surface area (TPSA) is 37.4 Å². The zero-order valence-electron chi connectivity index (χ0n) is 13.2. The van der Waals surface area contributed by atoms with E-state index in [1.54, 1.807) is 7.11 Å². The Morgan fingerprint density at radius 3 is 3.00 bits per heavy atom. The van der Waals surface area contributed by atoms with E-state index in [1.165, 1.54) is 0 Å². The Labute approximate surface area is 132 Å². The molecule has 1 saturated heterocycles. The number of hydrogen-bond acceptors (Lipinski definition) is 4. The van der Waals surface area contributed by atoms with Crippen molar-refractivity contribution in [3.05, 3.63) is 22.8 Å².